The lowest BCUT2D eigenvalue weighted by atomic mass is 9.97. The molecule has 0 aliphatic heterocycles. The number of benzene rings is 1. The summed E-state index contributed by atoms with van der Waals surface area (Å²) < 4.78 is 5.51. The summed E-state index contributed by atoms with van der Waals surface area (Å²) in [5, 5.41) is 5.01. The zero-order valence-electron chi connectivity index (χ0n) is 10.5. The number of para-hydroxylation sites is 1. The number of nitrogens with one attached hydrogen (secondary N) is 1. The highest BCUT2D eigenvalue weighted by atomic mass is 35.5. The van der Waals surface area contributed by atoms with Crippen LogP contribution in [-0.4, -0.2) is 6.54 Å². The van der Waals surface area contributed by atoms with E-state index in [1.165, 1.54) is 0 Å². The van der Waals surface area contributed by atoms with Crippen LogP contribution in [0.4, 0.5) is 0 Å². The summed E-state index contributed by atoms with van der Waals surface area (Å²) in [6.45, 7) is 8.30. The average molecular weight is 252 g/mol. The second kappa shape index (κ2) is 4.71. The summed E-state index contributed by atoms with van der Waals surface area (Å²) >= 11 is 6.11. The van der Waals surface area contributed by atoms with Gasteiger partial charge < -0.3 is 9.73 Å². The van der Waals surface area contributed by atoms with Crippen molar-refractivity contribution in [2.24, 2.45) is 5.41 Å². The molecule has 2 rings (SSSR count). The van der Waals surface area contributed by atoms with Gasteiger partial charge in [0.1, 0.15) is 5.58 Å². The van der Waals surface area contributed by atoms with E-state index in [-0.39, 0.29) is 5.41 Å². The Morgan fingerprint density at radius 1 is 1.24 bits per heavy atom. The van der Waals surface area contributed by atoms with E-state index >= 15 is 0 Å². The molecule has 0 atom stereocenters. The molecule has 92 valence electrons. The second-order valence-electron chi connectivity index (χ2n) is 5.51. The summed E-state index contributed by atoms with van der Waals surface area (Å²) in [7, 11) is 0. The maximum atomic E-state index is 6.11. The van der Waals surface area contributed by atoms with Crippen LogP contribution in [0.5, 0.6) is 0 Å². The number of furan rings is 1. The molecule has 0 fully saturated rings. The summed E-state index contributed by atoms with van der Waals surface area (Å²) in [4.78, 5) is 0. The second-order valence-corrected chi connectivity index (χ2v) is 5.86. The maximum absolute atomic E-state index is 6.11. The summed E-state index contributed by atoms with van der Waals surface area (Å²) in [6.07, 6.45) is 0. The fourth-order valence-corrected chi connectivity index (χ4v) is 2.05. The predicted octanol–water partition coefficient (Wildman–Crippen LogP) is 4.22. The van der Waals surface area contributed by atoms with Crippen molar-refractivity contribution in [3.63, 3.8) is 0 Å². The fraction of sp³-hybridized carbons (Fsp3) is 0.429. The van der Waals surface area contributed by atoms with Gasteiger partial charge in [0, 0.05) is 24.0 Å². The molecule has 1 aromatic heterocycles. The third-order valence-corrected chi connectivity index (χ3v) is 2.91. The minimum atomic E-state index is 0.270. The lowest BCUT2D eigenvalue weighted by Crippen LogP contribution is -2.26. The molecule has 1 aromatic carbocycles. The van der Waals surface area contributed by atoms with Crippen molar-refractivity contribution < 1.29 is 4.42 Å². The van der Waals surface area contributed by atoms with Gasteiger partial charge in [0.15, 0.2) is 5.22 Å². The molecule has 0 bridgehead atoms. The van der Waals surface area contributed by atoms with Gasteiger partial charge in [-0.25, -0.2) is 0 Å². The first-order valence-corrected chi connectivity index (χ1v) is 6.22. The molecule has 0 saturated carbocycles. The molecule has 0 amide bonds. The molecule has 2 nitrogen and oxygen atoms in total. The first-order valence-electron chi connectivity index (χ1n) is 5.84. The Morgan fingerprint density at radius 2 is 1.94 bits per heavy atom. The number of hydrogen-bond acceptors (Lipinski definition) is 2. The number of hydrogen-bond donors (Lipinski definition) is 1. The zero-order valence-corrected chi connectivity index (χ0v) is 11.3. The van der Waals surface area contributed by atoms with E-state index in [4.69, 9.17) is 16.0 Å². The quantitative estimate of drug-likeness (QED) is 0.884. The summed E-state index contributed by atoms with van der Waals surface area (Å²) in [6, 6.07) is 7.93. The van der Waals surface area contributed by atoms with Crippen LogP contribution in [0.1, 0.15) is 26.3 Å². The van der Waals surface area contributed by atoms with Crippen LogP contribution in [0.3, 0.4) is 0 Å². The van der Waals surface area contributed by atoms with E-state index in [0.29, 0.717) is 5.22 Å². The SMILES string of the molecule is CC(C)(C)CNCc1c(Cl)oc2ccccc12. The largest absolute Gasteiger partial charge is 0.444 e. The van der Waals surface area contributed by atoms with Gasteiger partial charge in [-0.15, -0.1) is 0 Å². The zero-order chi connectivity index (χ0) is 12.5. The van der Waals surface area contributed by atoms with Crippen LogP contribution in [-0.2, 0) is 6.54 Å². The van der Waals surface area contributed by atoms with Gasteiger partial charge in [0.2, 0.25) is 0 Å². The van der Waals surface area contributed by atoms with E-state index in [2.05, 4.69) is 26.1 Å². The molecule has 1 N–H and O–H groups in total. The van der Waals surface area contributed by atoms with Gasteiger partial charge in [0.05, 0.1) is 0 Å². The Labute approximate surface area is 107 Å². The van der Waals surface area contributed by atoms with E-state index in [9.17, 15) is 0 Å². The van der Waals surface area contributed by atoms with E-state index in [1.807, 2.05) is 24.3 Å². The van der Waals surface area contributed by atoms with Crippen LogP contribution in [0, 0.1) is 5.41 Å². The van der Waals surface area contributed by atoms with Gasteiger partial charge in [0.25, 0.3) is 0 Å². The number of halogens is 1. The van der Waals surface area contributed by atoms with E-state index < -0.39 is 0 Å². The first kappa shape index (κ1) is 12.5. The fourth-order valence-electron chi connectivity index (χ4n) is 1.80. The van der Waals surface area contributed by atoms with Crippen LogP contribution in [0.25, 0.3) is 11.0 Å². The molecule has 0 unspecified atom stereocenters. The van der Waals surface area contributed by atoms with Gasteiger partial charge in [-0.05, 0) is 23.1 Å². The standard InChI is InChI=1S/C14H18ClNO/c1-14(2,3)9-16-8-11-10-6-4-5-7-12(10)17-13(11)15/h4-7,16H,8-9H2,1-3H3. The molecule has 1 heterocycles. The minimum Gasteiger partial charge on any atom is -0.444 e. The molecule has 2 aromatic rings. The van der Waals surface area contributed by atoms with E-state index in [0.717, 1.165) is 29.6 Å². The van der Waals surface area contributed by atoms with Crippen molar-refractivity contribution in [1.82, 2.24) is 5.32 Å². The number of fused-ring (bicyclic) bond motifs is 1. The van der Waals surface area contributed by atoms with Crippen LogP contribution < -0.4 is 5.32 Å². The Bertz CT molecular complexity index is 510. The molecule has 0 aliphatic rings. The van der Waals surface area contributed by atoms with Crippen molar-refractivity contribution in [3.05, 3.63) is 35.0 Å². The third kappa shape index (κ3) is 3.02. The molecular weight excluding hydrogens is 234 g/mol. The molecule has 0 aliphatic carbocycles. The van der Waals surface area contributed by atoms with Gasteiger partial charge in [-0.2, -0.15) is 0 Å². The topological polar surface area (TPSA) is 25.2 Å². The smallest absolute Gasteiger partial charge is 0.199 e. The summed E-state index contributed by atoms with van der Waals surface area (Å²) in [5.41, 5.74) is 2.17. The van der Waals surface area contributed by atoms with Crippen molar-refractivity contribution in [1.29, 1.82) is 0 Å². The highest BCUT2D eigenvalue weighted by molar-refractivity contribution is 6.30. The average Bonchev–Trinajstić information content (AvgIpc) is 2.54. The Hall–Kier alpha value is -0.990. The Morgan fingerprint density at radius 3 is 2.65 bits per heavy atom. The Balaban J connectivity index is 2.15. The maximum Gasteiger partial charge on any atom is 0.199 e. The molecule has 0 spiro atoms. The van der Waals surface area contributed by atoms with Crippen molar-refractivity contribution in [3.8, 4) is 0 Å². The van der Waals surface area contributed by atoms with Crippen molar-refractivity contribution in [2.45, 2.75) is 27.3 Å². The van der Waals surface area contributed by atoms with Crippen LogP contribution in [0.15, 0.2) is 28.7 Å². The molecular formula is C14H18ClNO. The Kier molecular flexibility index (Phi) is 3.45. The predicted molar refractivity (Wildman–Crippen MR) is 72.4 cm³/mol. The first-order chi connectivity index (χ1) is 7.97. The lowest BCUT2D eigenvalue weighted by molar-refractivity contribution is 0.379. The highest BCUT2D eigenvalue weighted by Gasteiger charge is 2.13. The lowest BCUT2D eigenvalue weighted by Gasteiger charge is -2.18. The summed E-state index contributed by atoms with van der Waals surface area (Å²) in [5.74, 6) is 0. The van der Waals surface area contributed by atoms with Crippen LogP contribution in [0.2, 0.25) is 5.22 Å². The normalized spacial score (nSPS) is 12.2. The third-order valence-electron chi connectivity index (χ3n) is 2.61. The minimum absolute atomic E-state index is 0.270. The van der Waals surface area contributed by atoms with Gasteiger partial charge in [-0.3, -0.25) is 0 Å². The van der Waals surface area contributed by atoms with Gasteiger partial charge >= 0.3 is 0 Å². The molecule has 17 heavy (non-hydrogen) atoms. The van der Waals surface area contributed by atoms with Crippen molar-refractivity contribution >= 4 is 22.6 Å². The van der Waals surface area contributed by atoms with Crippen molar-refractivity contribution in [2.75, 3.05) is 6.54 Å². The number of rotatable bonds is 3. The van der Waals surface area contributed by atoms with Crippen LogP contribution >= 0.6 is 11.6 Å². The highest BCUT2D eigenvalue weighted by Crippen LogP contribution is 2.29. The monoisotopic (exact) mass is 251 g/mol. The van der Waals surface area contributed by atoms with Gasteiger partial charge in [-0.1, -0.05) is 39.0 Å². The molecule has 3 heteroatoms. The van der Waals surface area contributed by atoms with E-state index in [1.54, 1.807) is 0 Å². The molecule has 0 saturated heterocycles. The molecule has 0 radical (unpaired) electrons.